The van der Waals surface area contributed by atoms with Gasteiger partial charge < -0.3 is 20.6 Å². The van der Waals surface area contributed by atoms with Crippen molar-refractivity contribution in [3.05, 3.63) is 59.0 Å². The van der Waals surface area contributed by atoms with E-state index in [1.165, 1.54) is 12.1 Å². The quantitative estimate of drug-likeness (QED) is 0.535. The van der Waals surface area contributed by atoms with Crippen LogP contribution in [0.4, 0.5) is 26.2 Å². The summed E-state index contributed by atoms with van der Waals surface area (Å²) in [5.41, 5.74) is 2.39. The van der Waals surface area contributed by atoms with Crippen LogP contribution in [0.2, 0.25) is 0 Å². The molecule has 3 heterocycles. The maximum atomic E-state index is 13.4. The fourth-order valence-electron chi connectivity index (χ4n) is 3.74. The standard InChI is InChI=1S/C21H23F2N7O2/c1-11-17-19(29(3)18(12(2)31)20(32)27-17)28-21(26-11)24-7-14-8-25-30(10-14)9-13-4-15(22)6-16(23)5-13/h4-6,8,10,12,18,31H,7,9H2,1-3H3,(H,27,32)(H,24,26,28)/t12-,18+/m1/s1. The van der Waals surface area contributed by atoms with Crippen molar-refractivity contribution in [1.82, 2.24) is 19.7 Å². The molecule has 11 heteroatoms. The molecule has 1 aliphatic rings. The van der Waals surface area contributed by atoms with Crippen LogP contribution in [0.25, 0.3) is 0 Å². The molecule has 0 spiro atoms. The molecule has 168 valence electrons. The summed E-state index contributed by atoms with van der Waals surface area (Å²) in [4.78, 5) is 22.8. The van der Waals surface area contributed by atoms with Gasteiger partial charge in [-0.15, -0.1) is 0 Å². The average Bonchev–Trinajstić information content (AvgIpc) is 3.13. The number of aliphatic hydroxyl groups excluding tert-OH is 1. The minimum Gasteiger partial charge on any atom is -0.391 e. The minimum atomic E-state index is -0.878. The molecule has 2 aromatic heterocycles. The first-order valence-electron chi connectivity index (χ1n) is 10.0. The number of benzene rings is 1. The Balaban J connectivity index is 1.47. The Morgan fingerprint density at radius 2 is 1.94 bits per heavy atom. The van der Waals surface area contributed by atoms with Crippen LogP contribution in [0.15, 0.2) is 30.6 Å². The number of likely N-dealkylation sites (N-methyl/N-ethyl adjacent to an activating group) is 1. The third-order valence-corrected chi connectivity index (χ3v) is 5.20. The molecular formula is C21H23F2N7O2. The van der Waals surface area contributed by atoms with Crippen molar-refractivity contribution in [2.75, 3.05) is 22.6 Å². The maximum absolute atomic E-state index is 13.4. The van der Waals surface area contributed by atoms with Crippen molar-refractivity contribution >= 4 is 23.4 Å². The number of carbonyl (C=O) groups is 1. The van der Waals surface area contributed by atoms with Crippen LogP contribution in [-0.2, 0) is 17.9 Å². The van der Waals surface area contributed by atoms with Gasteiger partial charge in [-0.05, 0) is 31.5 Å². The van der Waals surface area contributed by atoms with Gasteiger partial charge in [0.15, 0.2) is 5.82 Å². The SMILES string of the molecule is Cc1nc(NCc2cnn(Cc3cc(F)cc(F)c3)c2)nc2c1NC(=O)[C@H]([C@@H](C)O)N2C. The molecule has 0 fully saturated rings. The van der Waals surface area contributed by atoms with Crippen LogP contribution in [0.1, 0.15) is 23.7 Å². The molecule has 3 aromatic rings. The van der Waals surface area contributed by atoms with Crippen LogP contribution in [0.3, 0.4) is 0 Å². The van der Waals surface area contributed by atoms with Crippen molar-refractivity contribution in [3.8, 4) is 0 Å². The fourth-order valence-corrected chi connectivity index (χ4v) is 3.74. The van der Waals surface area contributed by atoms with Crippen molar-refractivity contribution in [2.45, 2.75) is 39.1 Å². The fraction of sp³-hybridized carbons (Fsp3) is 0.333. The van der Waals surface area contributed by atoms with E-state index in [4.69, 9.17) is 0 Å². The summed E-state index contributed by atoms with van der Waals surface area (Å²) in [6.45, 7) is 3.91. The summed E-state index contributed by atoms with van der Waals surface area (Å²) in [5, 5.41) is 20.1. The van der Waals surface area contributed by atoms with Crippen molar-refractivity contribution < 1.29 is 18.7 Å². The Morgan fingerprint density at radius 3 is 2.62 bits per heavy atom. The third-order valence-electron chi connectivity index (χ3n) is 5.20. The smallest absolute Gasteiger partial charge is 0.249 e. The summed E-state index contributed by atoms with van der Waals surface area (Å²) in [6, 6.07) is 2.61. The molecule has 0 bridgehead atoms. The molecule has 4 rings (SSSR count). The summed E-state index contributed by atoms with van der Waals surface area (Å²) < 4.78 is 28.3. The molecule has 1 aromatic carbocycles. The molecule has 2 atom stereocenters. The summed E-state index contributed by atoms with van der Waals surface area (Å²) in [5.74, 6) is -0.711. The highest BCUT2D eigenvalue weighted by Gasteiger charge is 2.36. The molecule has 9 nitrogen and oxygen atoms in total. The number of hydrogen-bond acceptors (Lipinski definition) is 7. The minimum absolute atomic E-state index is 0.231. The van der Waals surface area contributed by atoms with Gasteiger partial charge in [0.2, 0.25) is 11.9 Å². The number of rotatable bonds is 6. The van der Waals surface area contributed by atoms with E-state index in [1.807, 2.05) is 0 Å². The number of hydrogen-bond donors (Lipinski definition) is 3. The Kier molecular flexibility index (Phi) is 5.74. The highest BCUT2D eigenvalue weighted by Crippen LogP contribution is 2.33. The Hall–Kier alpha value is -3.60. The zero-order chi connectivity index (χ0) is 23.0. The van der Waals surface area contributed by atoms with E-state index in [1.54, 1.807) is 42.9 Å². The van der Waals surface area contributed by atoms with Crippen LogP contribution in [-0.4, -0.2) is 50.0 Å². The highest BCUT2D eigenvalue weighted by atomic mass is 19.1. The molecule has 0 saturated carbocycles. The topological polar surface area (TPSA) is 108 Å². The van der Waals surface area contributed by atoms with E-state index in [2.05, 4.69) is 25.7 Å². The molecule has 0 radical (unpaired) electrons. The van der Waals surface area contributed by atoms with Gasteiger partial charge in [0.05, 0.1) is 24.5 Å². The number of aryl methyl sites for hydroxylation is 1. The van der Waals surface area contributed by atoms with Crippen LogP contribution >= 0.6 is 0 Å². The molecule has 3 N–H and O–H groups in total. The normalized spacial score (nSPS) is 16.5. The van der Waals surface area contributed by atoms with Gasteiger partial charge in [-0.1, -0.05) is 0 Å². The van der Waals surface area contributed by atoms with Crippen LogP contribution in [0.5, 0.6) is 0 Å². The van der Waals surface area contributed by atoms with E-state index in [9.17, 15) is 18.7 Å². The van der Waals surface area contributed by atoms with Gasteiger partial charge in [-0.3, -0.25) is 9.48 Å². The predicted molar refractivity (Wildman–Crippen MR) is 114 cm³/mol. The van der Waals surface area contributed by atoms with Gasteiger partial charge in [0, 0.05) is 31.4 Å². The Bertz CT molecular complexity index is 1140. The van der Waals surface area contributed by atoms with Crippen LogP contribution in [0, 0.1) is 18.6 Å². The molecule has 1 amide bonds. The number of fused-ring (bicyclic) bond motifs is 1. The molecule has 32 heavy (non-hydrogen) atoms. The van der Waals surface area contributed by atoms with Gasteiger partial charge in [-0.2, -0.15) is 10.1 Å². The van der Waals surface area contributed by atoms with Gasteiger partial charge in [0.25, 0.3) is 0 Å². The first-order chi connectivity index (χ1) is 15.2. The lowest BCUT2D eigenvalue weighted by molar-refractivity contribution is -0.119. The third kappa shape index (κ3) is 4.37. The zero-order valence-electron chi connectivity index (χ0n) is 17.8. The van der Waals surface area contributed by atoms with Gasteiger partial charge in [0.1, 0.15) is 23.4 Å². The number of halogens is 2. The lowest BCUT2D eigenvalue weighted by Gasteiger charge is -2.36. The van der Waals surface area contributed by atoms with E-state index in [0.717, 1.165) is 11.6 Å². The number of anilines is 3. The molecule has 1 aliphatic heterocycles. The second kappa shape index (κ2) is 8.50. The van der Waals surface area contributed by atoms with Crippen LogP contribution < -0.4 is 15.5 Å². The number of nitrogens with one attached hydrogen (secondary N) is 2. The number of nitrogens with zero attached hydrogens (tertiary/aromatic N) is 5. The highest BCUT2D eigenvalue weighted by molar-refractivity contribution is 6.03. The largest absolute Gasteiger partial charge is 0.391 e. The second-order valence-corrected chi connectivity index (χ2v) is 7.79. The van der Waals surface area contributed by atoms with E-state index < -0.39 is 23.8 Å². The summed E-state index contributed by atoms with van der Waals surface area (Å²) in [7, 11) is 1.70. The Morgan fingerprint density at radius 1 is 1.22 bits per heavy atom. The first kappa shape index (κ1) is 21.6. The molecule has 0 aliphatic carbocycles. The van der Waals surface area contributed by atoms with E-state index >= 15 is 0 Å². The zero-order valence-corrected chi connectivity index (χ0v) is 17.8. The lowest BCUT2D eigenvalue weighted by Crippen LogP contribution is -2.52. The Labute approximate surface area is 183 Å². The van der Waals surface area contributed by atoms with Gasteiger partial charge in [-0.25, -0.2) is 13.8 Å². The monoisotopic (exact) mass is 443 g/mol. The molecular weight excluding hydrogens is 420 g/mol. The predicted octanol–water partition coefficient (Wildman–Crippen LogP) is 2.06. The number of aliphatic hydroxyl groups is 1. The summed E-state index contributed by atoms with van der Waals surface area (Å²) in [6.07, 6.45) is 2.53. The maximum Gasteiger partial charge on any atom is 0.249 e. The lowest BCUT2D eigenvalue weighted by atomic mass is 10.1. The van der Waals surface area contributed by atoms with Crippen molar-refractivity contribution in [1.29, 1.82) is 0 Å². The first-order valence-corrected chi connectivity index (χ1v) is 10.0. The number of amides is 1. The summed E-state index contributed by atoms with van der Waals surface area (Å²) >= 11 is 0. The average molecular weight is 443 g/mol. The van der Waals surface area contributed by atoms with E-state index in [0.29, 0.717) is 35.3 Å². The number of aromatic nitrogens is 4. The van der Waals surface area contributed by atoms with E-state index in [-0.39, 0.29) is 12.5 Å². The second-order valence-electron chi connectivity index (χ2n) is 7.79. The molecule has 0 saturated heterocycles. The number of carbonyl (C=O) groups excluding carboxylic acids is 1. The van der Waals surface area contributed by atoms with Crippen molar-refractivity contribution in [3.63, 3.8) is 0 Å². The van der Waals surface area contributed by atoms with Crippen molar-refractivity contribution in [2.24, 2.45) is 0 Å². The van der Waals surface area contributed by atoms with Gasteiger partial charge >= 0.3 is 0 Å². The molecule has 0 unspecified atom stereocenters.